The smallest absolute Gasteiger partial charge is 0.267 e. The Morgan fingerprint density at radius 3 is 2.60 bits per heavy atom. The number of hydrogen-bond acceptors (Lipinski definition) is 12. The molecular formula is C37H39ClN10O4S. The highest BCUT2D eigenvalue weighted by Gasteiger charge is 2.40. The first-order valence-corrected chi connectivity index (χ1v) is 18.9. The summed E-state index contributed by atoms with van der Waals surface area (Å²) in [5, 5.41) is 9.54. The number of piperazine rings is 1. The number of aryl methyl sites for hydroxylation is 2. The second-order valence-corrected chi connectivity index (χ2v) is 15.4. The van der Waals surface area contributed by atoms with Crippen molar-refractivity contribution in [3.05, 3.63) is 81.1 Å². The molecule has 0 aliphatic carbocycles. The molecule has 53 heavy (non-hydrogen) atoms. The van der Waals surface area contributed by atoms with Crippen LogP contribution >= 0.6 is 22.9 Å². The van der Waals surface area contributed by atoms with Gasteiger partial charge < -0.3 is 25.3 Å². The normalized spacial score (nSPS) is 19.3. The van der Waals surface area contributed by atoms with E-state index in [4.69, 9.17) is 16.6 Å². The number of anilines is 5. The van der Waals surface area contributed by atoms with Crippen LogP contribution in [0.25, 0.3) is 0 Å². The molecule has 0 spiro atoms. The fourth-order valence-electron chi connectivity index (χ4n) is 7.45. The van der Waals surface area contributed by atoms with Gasteiger partial charge in [-0.05, 0) is 49.6 Å². The molecule has 4 amide bonds. The summed E-state index contributed by atoms with van der Waals surface area (Å²) in [5.74, 6) is 1.54. The van der Waals surface area contributed by atoms with Gasteiger partial charge in [0.05, 0.1) is 16.9 Å². The maximum Gasteiger partial charge on any atom is 0.267 e. The van der Waals surface area contributed by atoms with E-state index >= 15 is 0 Å². The second kappa shape index (κ2) is 14.4. The number of thiazole rings is 1. The zero-order valence-electron chi connectivity index (χ0n) is 29.4. The van der Waals surface area contributed by atoms with Gasteiger partial charge in [0.25, 0.3) is 11.8 Å². The molecule has 0 saturated carbocycles. The van der Waals surface area contributed by atoms with E-state index < -0.39 is 11.9 Å². The summed E-state index contributed by atoms with van der Waals surface area (Å²) in [7, 11) is 0. The molecule has 274 valence electrons. The number of fused-ring (bicyclic) bond motifs is 1. The minimum atomic E-state index is -0.605. The van der Waals surface area contributed by atoms with Crippen LogP contribution in [0.5, 0.6) is 0 Å². The van der Waals surface area contributed by atoms with Crippen LogP contribution in [-0.4, -0.2) is 100 Å². The van der Waals surface area contributed by atoms with E-state index in [0.717, 1.165) is 68.4 Å². The van der Waals surface area contributed by atoms with Crippen LogP contribution in [0, 0.1) is 19.8 Å². The van der Waals surface area contributed by atoms with Gasteiger partial charge in [0.1, 0.15) is 28.4 Å². The fraction of sp³-hybridized carbons (Fsp3) is 0.378. The van der Waals surface area contributed by atoms with E-state index in [-0.39, 0.29) is 24.1 Å². The summed E-state index contributed by atoms with van der Waals surface area (Å²) in [5.41, 5.74) is 4.05. The first kappa shape index (κ1) is 34.9. The molecule has 1 unspecified atom stereocenters. The maximum absolute atomic E-state index is 13.3. The number of imide groups is 1. The molecule has 0 bridgehead atoms. The predicted molar refractivity (Wildman–Crippen MR) is 203 cm³/mol. The second-order valence-electron chi connectivity index (χ2n) is 14.0. The van der Waals surface area contributed by atoms with Crippen molar-refractivity contribution < 1.29 is 19.2 Å². The van der Waals surface area contributed by atoms with E-state index in [1.54, 1.807) is 11.0 Å². The Morgan fingerprint density at radius 2 is 1.83 bits per heavy atom. The standard InChI is InChI=1S/C37H39ClN10O4S/c1-21-4-3-5-27(38)33(21)44-35(51)29-16-39-37(53-29)42-30-15-31(41-22(2)40-30)46-12-10-45(11-13-46)17-23-18-47(19-23)25-7-6-24-20-48(36(52)26(24)14-25)28-8-9-32(49)43-34(28)50/h3-7,14-16,23,28H,8-13,17-20H2,1-2H3,(H,44,51)(H,43,49,50)(H,39,40,41,42). The molecule has 3 saturated heterocycles. The molecule has 3 N–H and O–H groups in total. The van der Waals surface area contributed by atoms with E-state index in [1.165, 1.54) is 17.5 Å². The van der Waals surface area contributed by atoms with E-state index in [0.29, 0.717) is 56.8 Å². The molecule has 1 atom stereocenters. The number of para-hydroxylation sites is 1. The Bertz CT molecular complexity index is 2090. The van der Waals surface area contributed by atoms with Crippen LogP contribution in [0.1, 0.15) is 49.8 Å². The molecule has 2 aromatic heterocycles. The number of benzene rings is 2. The van der Waals surface area contributed by atoms with E-state index in [1.807, 2.05) is 44.2 Å². The number of aromatic nitrogens is 3. The fourth-order valence-corrected chi connectivity index (χ4v) is 8.44. The molecule has 14 nitrogen and oxygen atoms in total. The minimum absolute atomic E-state index is 0.143. The number of carbonyl (C=O) groups is 4. The maximum atomic E-state index is 13.3. The summed E-state index contributed by atoms with van der Waals surface area (Å²) < 4.78 is 0. The van der Waals surface area contributed by atoms with E-state index in [2.05, 4.69) is 46.7 Å². The monoisotopic (exact) mass is 754 g/mol. The number of rotatable bonds is 9. The number of halogens is 1. The molecule has 4 aliphatic rings. The van der Waals surface area contributed by atoms with Crippen molar-refractivity contribution in [1.82, 2.24) is 30.1 Å². The van der Waals surface area contributed by atoms with Crippen LogP contribution in [-0.2, 0) is 16.1 Å². The average molecular weight is 755 g/mol. The zero-order chi connectivity index (χ0) is 36.8. The van der Waals surface area contributed by atoms with Crippen molar-refractivity contribution in [3.63, 3.8) is 0 Å². The first-order chi connectivity index (χ1) is 25.6. The number of nitrogens with one attached hydrogen (secondary N) is 3. The highest BCUT2D eigenvalue weighted by Crippen LogP contribution is 2.34. The number of nitrogens with zero attached hydrogens (tertiary/aromatic N) is 7. The SMILES string of the molecule is Cc1nc(Nc2ncc(C(=O)Nc3c(C)cccc3Cl)s2)cc(N2CCN(CC3CN(c4ccc5c(c4)C(=O)N(C4CCC(=O)NC4=O)C5)C3)CC2)n1. The molecule has 3 fully saturated rings. The summed E-state index contributed by atoms with van der Waals surface area (Å²) in [4.78, 5) is 73.0. The Kier molecular flexibility index (Phi) is 9.47. The van der Waals surface area contributed by atoms with Gasteiger partial charge in [0.2, 0.25) is 11.8 Å². The van der Waals surface area contributed by atoms with Crippen molar-refractivity contribution in [2.24, 2.45) is 5.92 Å². The van der Waals surface area contributed by atoms with Gasteiger partial charge in [-0.3, -0.25) is 29.4 Å². The highest BCUT2D eigenvalue weighted by molar-refractivity contribution is 7.17. The van der Waals surface area contributed by atoms with Gasteiger partial charge >= 0.3 is 0 Å². The quantitative estimate of drug-likeness (QED) is 0.211. The Labute approximate surface area is 315 Å². The lowest BCUT2D eigenvalue weighted by Crippen LogP contribution is -2.55. The third kappa shape index (κ3) is 7.28. The number of amides is 4. The predicted octanol–water partition coefficient (Wildman–Crippen LogP) is 4.22. The van der Waals surface area contributed by atoms with Crippen LogP contribution < -0.4 is 25.8 Å². The van der Waals surface area contributed by atoms with Crippen molar-refractivity contribution in [1.29, 1.82) is 0 Å². The summed E-state index contributed by atoms with van der Waals surface area (Å²) in [6, 6.07) is 12.8. The Balaban J connectivity index is 0.814. The lowest BCUT2D eigenvalue weighted by Gasteiger charge is -2.45. The van der Waals surface area contributed by atoms with Gasteiger partial charge in [-0.1, -0.05) is 41.1 Å². The lowest BCUT2D eigenvalue weighted by molar-refractivity contribution is -0.136. The van der Waals surface area contributed by atoms with Crippen LogP contribution in [0.2, 0.25) is 5.02 Å². The van der Waals surface area contributed by atoms with Crippen molar-refractivity contribution in [2.45, 2.75) is 39.3 Å². The third-order valence-electron chi connectivity index (χ3n) is 10.3. The highest BCUT2D eigenvalue weighted by atomic mass is 35.5. The number of hydrogen-bond donors (Lipinski definition) is 3. The molecule has 0 radical (unpaired) electrons. The number of carbonyl (C=O) groups excluding carboxylic acids is 4. The molecule has 16 heteroatoms. The topological polar surface area (TPSA) is 156 Å². The van der Waals surface area contributed by atoms with Crippen LogP contribution in [0.15, 0.2) is 48.7 Å². The summed E-state index contributed by atoms with van der Waals surface area (Å²) in [6.45, 7) is 10.5. The summed E-state index contributed by atoms with van der Waals surface area (Å²) >= 11 is 7.53. The Morgan fingerprint density at radius 1 is 1.02 bits per heavy atom. The third-order valence-corrected chi connectivity index (χ3v) is 11.5. The molecule has 4 aromatic rings. The van der Waals surface area contributed by atoms with Gasteiger partial charge in [-0.2, -0.15) is 0 Å². The number of piperidine rings is 1. The summed E-state index contributed by atoms with van der Waals surface area (Å²) in [6.07, 6.45) is 2.14. The van der Waals surface area contributed by atoms with Gasteiger partial charge in [-0.25, -0.2) is 15.0 Å². The average Bonchev–Trinajstić information content (AvgIpc) is 3.72. The van der Waals surface area contributed by atoms with Gasteiger partial charge in [0, 0.05) is 82.0 Å². The van der Waals surface area contributed by atoms with Gasteiger partial charge in [-0.15, -0.1) is 0 Å². The lowest BCUT2D eigenvalue weighted by atomic mass is 9.97. The molecule has 2 aromatic carbocycles. The van der Waals surface area contributed by atoms with Crippen molar-refractivity contribution in [2.75, 3.05) is 66.2 Å². The van der Waals surface area contributed by atoms with E-state index in [9.17, 15) is 19.2 Å². The molecular weight excluding hydrogens is 716 g/mol. The zero-order valence-corrected chi connectivity index (χ0v) is 31.0. The van der Waals surface area contributed by atoms with Gasteiger partial charge in [0.15, 0.2) is 5.13 Å². The van der Waals surface area contributed by atoms with Crippen molar-refractivity contribution in [3.8, 4) is 0 Å². The molecule has 6 heterocycles. The van der Waals surface area contributed by atoms with Crippen LogP contribution in [0.4, 0.5) is 28.1 Å². The Hall–Kier alpha value is -5.12. The molecule has 4 aliphatic heterocycles. The van der Waals surface area contributed by atoms with Crippen molar-refractivity contribution >= 4 is 74.7 Å². The first-order valence-electron chi connectivity index (χ1n) is 17.7. The largest absolute Gasteiger partial charge is 0.371 e. The van der Waals surface area contributed by atoms with Crippen LogP contribution in [0.3, 0.4) is 0 Å². The molecule has 8 rings (SSSR count). The minimum Gasteiger partial charge on any atom is -0.371 e.